The van der Waals surface area contributed by atoms with Gasteiger partial charge in [-0.05, 0) is 22.9 Å². The number of aromatic nitrogens is 3. The zero-order valence-corrected chi connectivity index (χ0v) is 17.5. The maximum Gasteiger partial charge on any atom is 0.485 e. The first-order valence-corrected chi connectivity index (χ1v) is 10.6. The summed E-state index contributed by atoms with van der Waals surface area (Å²) in [4.78, 5) is 0. The summed E-state index contributed by atoms with van der Waals surface area (Å²) >= 11 is 0. The maximum absolute atomic E-state index is 10.7. The Morgan fingerprint density at radius 1 is 1.00 bits per heavy atom. The second-order valence-corrected chi connectivity index (χ2v) is 7.99. The molecule has 0 bridgehead atoms. The number of alkyl halides is 3. The Kier molecular flexibility index (Phi) is 6.80. The molecule has 0 saturated carbocycles. The highest BCUT2D eigenvalue weighted by molar-refractivity contribution is 7.86. The van der Waals surface area contributed by atoms with Crippen LogP contribution in [0.5, 0.6) is 5.75 Å². The van der Waals surface area contributed by atoms with Crippen LogP contribution in [0.2, 0.25) is 0 Å². The Balaban J connectivity index is 0.000000312. The van der Waals surface area contributed by atoms with Gasteiger partial charge in [0.15, 0.2) is 22.0 Å². The van der Waals surface area contributed by atoms with Crippen molar-refractivity contribution >= 4 is 20.9 Å². The molecule has 4 rings (SSSR count). The van der Waals surface area contributed by atoms with Crippen LogP contribution in [0, 0.1) is 0 Å². The van der Waals surface area contributed by atoms with Crippen LogP contribution < -0.4 is 9.42 Å². The number of ether oxygens (including phenoxy) is 1. The Morgan fingerprint density at radius 2 is 1.59 bits per heavy atom. The number of hydrogen-bond acceptors (Lipinski definition) is 5. The van der Waals surface area contributed by atoms with E-state index in [0.717, 1.165) is 17.0 Å². The minimum Gasteiger partial charge on any atom is -0.741 e. The topological polar surface area (TPSA) is 88.1 Å². The van der Waals surface area contributed by atoms with Gasteiger partial charge in [0, 0.05) is 5.56 Å². The molecule has 0 N–H and O–H groups in total. The van der Waals surface area contributed by atoms with Gasteiger partial charge >= 0.3 is 5.51 Å². The molecule has 168 valence electrons. The molecule has 0 atom stereocenters. The molecule has 32 heavy (non-hydrogen) atoms. The van der Waals surface area contributed by atoms with Crippen LogP contribution in [0.4, 0.5) is 13.2 Å². The maximum atomic E-state index is 10.7. The standard InChI is InChI=1S/C20H18N3O.CHF3O3S/c1-22-20(17-8-3-2-4-9-17)14-23(21-22)15-24-19-12-11-16-7-5-6-10-18(16)13-19;2-1(3,4)8(5,6)7/h2-14H,15H2,1H3;(H,5,6,7)/q+1;/p-1. The number of hydrogen-bond donors (Lipinski definition) is 0. The van der Waals surface area contributed by atoms with Crippen molar-refractivity contribution in [3.63, 3.8) is 0 Å². The lowest BCUT2D eigenvalue weighted by Crippen LogP contribution is -2.38. The average molecular weight is 465 g/mol. The van der Waals surface area contributed by atoms with Crippen LogP contribution in [-0.4, -0.2) is 28.4 Å². The van der Waals surface area contributed by atoms with Gasteiger partial charge < -0.3 is 9.29 Å². The first-order valence-electron chi connectivity index (χ1n) is 9.17. The SMILES string of the molecule is Cn1n[n+](COc2ccc3ccccc3c2)cc1-c1ccccc1.O=S(=O)([O-])C(F)(F)F. The lowest BCUT2D eigenvalue weighted by Gasteiger charge is -2.08. The van der Waals surface area contributed by atoms with Crippen molar-refractivity contribution in [3.8, 4) is 17.0 Å². The number of halogens is 3. The molecule has 0 unspecified atom stereocenters. The van der Waals surface area contributed by atoms with Gasteiger partial charge in [-0.2, -0.15) is 13.2 Å². The van der Waals surface area contributed by atoms with E-state index in [1.807, 2.05) is 54.3 Å². The van der Waals surface area contributed by atoms with Crippen LogP contribution in [0.15, 0.2) is 79.0 Å². The van der Waals surface area contributed by atoms with Gasteiger partial charge in [0.2, 0.25) is 0 Å². The largest absolute Gasteiger partial charge is 0.741 e. The summed E-state index contributed by atoms with van der Waals surface area (Å²) in [6.07, 6.45) is 2.00. The van der Waals surface area contributed by atoms with Crippen LogP contribution in [0.1, 0.15) is 0 Å². The predicted octanol–water partition coefficient (Wildman–Crippen LogP) is 3.62. The van der Waals surface area contributed by atoms with Crippen molar-refractivity contribution in [2.75, 3.05) is 0 Å². The van der Waals surface area contributed by atoms with E-state index in [1.165, 1.54) is 10.8 Å². The lowest BCUT2D eigenvalue weighted by molar-refractivity contribution is -0.779. The fourth-order valence-corrected chi connectivity index (χ4v) is 2.80. The normalized spacial score (nSPS) is 11.7. The van der Waals surface area contributed by atoms with Gasteiger partial charge in [-0.15, -0.1) is 9.36 Å². The van der Waals surface area contributed by atoms with Gasteiger partial charge in [-0.1, -0.05) is 60.7 Å². The van der Waals surface area contributed by atoms with E-state index in [9.17, 15) is 13.2 Å². The number of rotatable bonds is 4. The van der Waals surface area contributed by atoms with E-state index in [1.54, 1.807) is 4.68 Å². The molecule has 1 heterocycles. The highest BCUT2D eigenvalue weighted by Crippen LogP contribution is 2.21. The highest BCUT2D eigenvalue weighted by atomic mass is 32.2. The first-order chi connectivity index (χ1) is 15.0. The van der Waals surface area contributed by atoms with Crippen molar-refractivity contribution in [2.45, 2.75) is 12.2 Å². The molecular formula is C21H18F3N3O4S. The van der Waals surface area contributed by atoms with Crippen molar-refractivity contribution in [1.82, 2.24) is 9.90 Å². The summed E-state index contributed by atoms with van der Waals surface area (Å²) in [5.41, 5.74) is -3.46. The lowest BCUT2D eigenvalue weighted by atomic mass is 10.1. The smallest absolute Gasteiger partial charge is 0.485 e. The Bertz CT molecular complexity index is 1310. The molecule has 0 radical (unpaired) electrons. The third kappa shape index (κ3) is 5.83. The van der Waals surface area contributed by atoms with E-state index in [-0.39, 0.29) is 0 Å². The molecule has 4 aromatic rings. The second kappa shape index (κ2) is 9.37. The predicted molar refractivity (Wildman–Crippen MR) is 109 cm³/mol. The molecule has 0 fully saturated rings. The molecule has 7 nitrogen and oxygen atoms in total. The monoisotopic (exact) mass is 465 g/mol. The molecule has 0 amide bonds. The van der Waals surface area contributed by atoms with E-state index in [2.05, 4.69) is 41.6 Å². The minimum atomic E-state index is -6.09. The molecule has 0 aliphatic carbocycles. The zero-order chi connectivity index (χ0) is 23.4. The number of benzene rings is 3. The Hall–Kier alpha value is -3.44. The van der Waals surface area contributed by atoms with Crippen molar-refractivity contribution < 1.29 is 35.6 Å². The van der Waals surface area contributed by atoms with Crippen molar-refractivity contribution in [3.05, 3.63) is 79.0 Å². The van der Waals surface area contributed by atoms with E-state index in [4.69, 9.17) is 17.7 Å². The number of nitrogens with zero attached hydrogens (tertiary/aromatic N) is 3. The summed E-state index contributed by atoms with van der Waals surface area (Å²) in [5, 5.41) is 6.85. The van der Waals surface area contributed by atoms with Crippen LogP contribution in [0.25, 0.3) is 22.0 Å². The van der Waals surface area contributed by atoms with Gasteiger partial charge in [-0.3, -0.25) is 0 Å². The zero-order valence-electron chi connectivity index (χ0n) is 16.7. The van der Waals surface area contributed by atoms with E-state index < -0.39 is 15.6 Å². The van der Waals surface area contributed by atoms with Gasteiger partial charge in [0.05, 0.1) is 5.21 Å². The summed E-state index contributed by atoms with van der Waals surface area (Å²) in [6, 6.07) is 24.6. The van der Waals surface area contributed by atoms with Crippen LogP contribution in [0.3, 0.4) is 0 Å². The third-order valence-corrected chi connectivity index (χ3v) is 4.87. The molecule has 0 aliphatic heterocycles. The molecule has 3 aromatic carbocycles. The van der Waals surface area contributed by atoms with E-state index >= 15 is 0 Å². The fraction of sp³-hybridized carbons (Fsp3) is 0.143. The number of aryl methyl sites for hydroxylation is 1. The summed E-state index contributed by atoms with van der Waals surface area (Å²) in [5.74, 6) is 0.841. The molecule has 11 heteroatoms. The Labute approximate surface area is 182 Å². The van der Waals surface area contributed by atoms with Crippen molar-refractivity contribution in [2.24, 2.45) is 7.05 Å². The average Bonchev–Trinajstić information content (AvgIpc) is 3.12. The molecule has 0 saturated heterocycles. The molecule has 0 aliphatic rings. The summed E-state index contributed by atoms with van der Waals surface area (Å²) < 4.78 is 68.5. The van der Waals surface area contributed by atoms with Gasteiger partial charge in [0.25, 0.3) is 6.73 Å². The third-order valence-electron chi connectivity index (χ3n) is 4.31. The second-order valence-electron chi connectivity index (χ2n) is 6.62. The Morgan fingerprint density at radius 3 is 2.22 bits per heavy atom. The highest BCUT2D eigenvalue weighted by Gasteiger charge is 2.36. The molecule has 1 aromatic heterocycles. The van der Waals surface area contributed by atoms with E-state index in [0.29, 0.717) is 6.73 Å². The fourth-order valence-electron chi connectivity index (χ4n) is 2.80. The van der Waals surface area contributed by atoms with Crippen molar-refractivity contribution in [1.29, 1.82) is 0 Å². The van der Waals surface area contributed by atoms with Gasteiger partial charge in [0.1, 0.15) is 12.8 Å². The number of fused-ring (bicyclic) bond motifs is 1. The quantitative estimate of drug-likeness (QED) is 0.261. The first kappa shape index (κ1) is 23.2. The summed E-state index contributed by atoms with van der Waals surface area (Å²) in [7, 11) is -4.15. The van der Waals surface area contributed by atoms with Crippen LogP contribution >= 0.6 is 0 Å². The van der Waals surface area contributed by atoms with Crippen LogP contribution in [-0.2, 0) is 23.9 Å². The molecule has 0 spiro atoms. The minimum absolute atomic E-state index is 0.374. The summed E-state index contributed by atoms with van der Waals surface area (Å²) in [6.45, 7) is 0.374. The van der Waals surface area contributed by atoms with Gasteiger partial charge in [-0.25, -0.2) is 8.42 Å². The molecular weight excluding hydrogens is 447 g/mol.